The van der Waals surface area contributed by atoms with E-state index < -0.39 is 128 Å². The molecule has 3 aliphatic heterocycles. The zero-order chi connectivity index (χ0) is 34.8. The van der Waals surface area contributed by atoms with E-state index in [0.717, 1.165) is 41.5 Å². The van der Waals surface area contributed by atoms with Crippen molar-refractivity contribution in [2.45, 2.75) is 109 Å². The summed E-state index contributed by atoms with van der Waals surface area (Å²) in [5.41, 5.74) is -1.45. The highest BCUT2D eigenvalue weighted by Crippen LogP contribution is 2.62. The maximum atomic E-state index is 12.3. The molecule has 1 saturated carbocycles. The number of ether oxygens (including phenoxy) is 11. The monoisotopic (exact) mass is 676 g/mol. The fraction of sp³-hybridized carbons (Fsp3) is 0.750. The van der Waals surface area contributed by atoms with Gasteiger partial charge in [-0.05, 0) is 0 Å². The predicted molar refractivity (Wildman–Crippen MR) is 142 cm³/mol. The lowest BCUT2D eigenvalue weighted by Gasteiger charge is -2.48. The Bertz CT molecular complexity index is 1250. The Kier molecular flexibility index (Phi) is 11.1. The lowest BCUT2D eigenvalue weighted by Crippen LogP contribution is -2.65. The molecule has 3 saturated heterocycles. The van der Waals surface area contributed by atoms with Gasteiger partial charge in [0.2, 0.25) is 12.6 Å². The van der Waals surface area contributed by atoms with Crippen LogP contribution in [0.5, 0.6) is 0 Å². The second kappa shape index (κ2) is 14.5. The summed E-state index contributed by atoms with van der Waals surface area (Å²) in [6.45, 7) is 5.54. The van der Waals surface area contributed by atoms with Crippen molar-refractivity contribution in [3.63, 3.8) is 0 Å². The fourth-order valence-electron chi connectivity index (χ4n) is 6.32. The highest BCUT2D eigenvalue weighted by Gasteiger charge is 2.80. The second-order valence-corrected chi connectivity index (χ2v) is 11.3. The van der Waals surface area contributed by atoms with E-state index in [0.29, 0.717) is 0 Å². The molecular formula is C28H36O19. The molecule has 0 aromatic heterocycles. The number of hydrogen-bond donors (Lipinski definition) is 1. The molecule has 0 spiro atoms. The minimum absolute atomic E-state index is 0.00124. The number of esters is 6. The molecule has 13 atom stereocenters. The van der Waals surface area contributed by atoms with Crippen molar-refractivity contribution in [2.75, 3.05) is 13.2 Å². The van der Waals surface area contributed by atoms with Crippen LogP contribution < -0.4 is 0 Å². The summed E-state index contributed by atoms with van der Waals surface area (Å²) in [6, 6.07) is 0. The van der Waals surface area contributed by atoms with Crippen LogP contribution in [-0.2, 0) is 85.7 Å². The van der Waals surface area contributed by atoms with Crippen molar-refractivity contribution >= 4 is 42.3 Å². The zero-order valence-corrected chi connectivity index (χ0v) is 26.2. The summed E-state index contributed by atoms with van der Waals surface area (Å²) < 4.78 is 61.0. The van der Waals surface area contributed by atoms with Gasteiger partial charge in [0.1, 0.15) is 43.2 Å². The molecule has 0 aromatic rings. The number of rotatable bonds is 12. The van der Waals surface area contributed by atoms with Crippen LogP contribution >= 0.6 is 0 Å². The Morgan fingerprint density at radius 2 is 1.23 bits per heavy atom. The van der Waals surface area contributed by atoms with Gasteiger partial charge in [0.05, 0.1) is 5.92 Å². The van der Waals surface area contributed by atoms with Crippen LogP contribution in [0.1, 0.15) is 41.5 Å². The van der Waals surface area contributed by atoms with Gasteiger partial charge >= 0.3 is 35.8 Å². The Morgan fingerprint density at radius 3 is 1.79 bits per heavy atom. The summed E-state index contributed by atoms with van der Waals surface area (Å²) in [7, 11) is 0. The molecule has 0 radical (unpaired) electrons. The zero-order valence-electron chi connectivity index (χ0n) is 26.2. The molecule has 0 bridgehead atoms. The topological polar surface area (TPSA) is 245 Å². The maximum absolute atomic E-state index is 12.3. The molecule has 47 heavy (non-hydrogen) atoms. The van der Waals surface area contributed by atoms with Gasteiger partial charge in [-0.1, -0.05) is 0 Å². The third kappa shape index (κ3) is 7.81. The van der Waals surface area contributed by atoms with E-state index in [-0.39, 0.29) is 6.47 Å². The number of fused-ring (bicyclic) bond motifs is 3. The van der Waals surface area contributed by atoms with Crippen LogP contribution in [0.15, 0.2) is 0 Å². The largest absolute Gasteiger partial charge is 0.463 e. The normalized spacial score (nSPS) is 38.4. The van der Waals surface area contributed by atoms with Crippen molar-refractivity contribution in [2.24, 2.45) is 11.8 Å². The first-order valence-corrected chi connectivity index (χ1v) is 14.5. The first-order chi connectivity index (χ1) is 22.1. The smallest absolute Gasteiger partial charge is 0.303 e. The number of aliphatic hydroxyl groups excluding tert-OH is 1. The Hall–Kier alpha value is -3.91. The van der Waals surface area contributed by atoms with Crippen molar-refractivity contribution in [3.05, 3.63) is 0 Å². The van der Waals surface area contributed by atoms with Crippen molar-refractivity contribution in [1.29, 1.82) is 0 Å². The summed E-state index contributed by atoms with van der Waals surface area (Å²) in [5.74, 6) is -7.05. The first-order valence-electron chi connectivity index (χ1n) is 14.5. The van der Waals surface area contributed by atoms with Gasteiger partial charge in [-0.25, -0.2) is 0 Å². The molecule has 3 heterocycles. The van der Waals surface area contributed by atoms with E-state index in [2.05, 4.69) is 0 Å². The number of carbonyl (C=O) groups is 7. The van der Waals surface area contributed by atoms with Crippen molar-refractivity contribution in [1.82, 2.24) is 0 Å². The van der Waals surface area contributed by atoms with E-state index in [4.69, 9.17) is 52.1 Å². The van der Waals surface area contributed by atoms with Gasteiger partial charge in [0, 0.05) is 47.5 Å². The Labute approximate surface area is 267 Å². The molecule has 1 aliphatic carbocycles. The first kappa shape index (κ1) is 35.9. The van der Waals surface area contributed by atoms with E-state index in [1.807, 2.05) is 0 Å². The van der Waals surface area contributed by atoms with Gasteiger partial charge in [-0.2, -0.15) is 0 Å². The molecule has 0 amide bonds. The fourth-order valence-corrected chi connectivity index (χ4v) is 6.32. The molecule has 262 valence electrons. The van der Waals surface area contributed by atoms with Gasteiger partial charge < -0.3 is 57.2 Å². The van der Waals surface area contributed by atoms with E-state index >= 15 is 0 Å². The third-order valence-corrected chi connectivity index (χ3v) is 7.87. The van der Waals surface area contributed by atoms with Crippen LogP contribution in [0, 0.1) is 11.8 Å². The molecule has 4 rings (SSSR count). The molecular weight excluding hydrogens is 640 g/mol. The molecule has 19 heteroatoms. The highest BCUT2D eigenvalue weighted by molar-refractivity contribution is 5.69. The number of epoxide rings is 1. The lowest BCUT2D eigenvalue weighted by atomic mass is 9.81. The minimum atomic E-state index is -1.76. The number of carbonyl (C=O) groups excluding carboxylic acids is 7. The average molecular weight is 677 g/mol. The highest BCUT2D eigenvalue weighted by atomic mass is 16.8. The predicted octanol–water partition coefficient (Wildman–Crippen LogP) is -1.82. The van der Waals surface area contributed by atoms with Crippen LogP contribution in [-0.4, -0.2) is 128 Å². The van der Waals surface area contributed by atoms with E-state index in [1.54, 1.807) is 0 Å². The Balaban J connectivity index is 1.77. The van der Waals surface area contributed by atoms with Gasteiger partial charge in [0.15, 0.2) is 24.6 Å². The van der Waals surface area contributed by atoms with Crippen molar-refractivity contribution in [3.8, 4) is 0 Å². The van der Waals surface area contributed by atoms with Crippen LogP contribution in [0.4, 0.5) is 0 Å². The lowest BCUT2D eigenvalue weighted by molar-refractivity contribution is -0.390. The van der Waals surface area contributed by atoms with E-state index in [1.165, 1.54) is 0 Å². The van der Waals surface area contributed by atoms with Crippen LogP contribution in [0.25, 0.3) is 0 Å². The molecule has 4 fully saturated rings. The van der Waals surface area contributed by atoms with Gasteiger partial charge in [-0.15, -0.1) is 0 Å². The minimum Gasteiger partial charge on any atom is -0.463 e. The molecule has 1 N–H and O–H groups in total. The quantitative estimate of drug-likeness (QED) is 0.103. The number of hydrogen-bond acceptors (Lipinski definition) is 19. The Morgan fingerprint density at radius 1 is 0.681 bits per heavy atom. The average Bonchev–Trinajstić information content (AvgIpc) is 3.62. The summed E-state index contributed by atoms with van der Waals surface area (Å²) in [4.78, 5) is 83.5. The molecule has 4 aliphatic rings. The number of aliphatic hydroxyl groups is 1. The van der Waals surface area contributed by atoms with Gasteiger partial charge in [0.25, 0.3) is 6.47 Å². The third-order valence-electron chi connectivity index (χ3n) is 7.87. The second-order valence-electron chi connectivity index (χ2n) is 11.3. The molecule has 0 aromatic carbocycles. The van der Waals surface area contributed by atoms with Gasteiger partial charge in [-0.3, -0.25) is 33.6 Å². The van der Waals surface area contributed by atoms with Crippen molar-refractivity contribution < 1.29 is 90.8 Å². The van der Waals surface area contributed by atoms with Crippen LogP contribution in [0.2, 0.25) is 0 Å². The van der Waals surface area contributed by atoms with E-state index in [9.17, 15) is 38.7 Å². The summed E-state index contributed by atoms with van der Waals surface area (Å²) >= 11 is 0. The SMILES string of the molecule is CC(=O)OC[C@H]1O[C@H](O[C@@H]2OC(OC=O)C(O)[C@H]3[C@H](OC(C)=O)[C@@H]4O[C@]4(COC(C)=O)[C@@H]23)[C@H](OC(C)=O)[C@@H](OC(C)=O)[C@@H]1OC(C)=O. The maximum Gasteiger partial charge on any atom is 0.303 e. The van der Waals surface area contributed by atoms with Crippen LogP contribution in [0.3, 0.4) is 0 Å². The molecule has 2 unspecified atom stereocenters. The summed E-state index contributed by atoms with van der Waals surface area (Å²) in [6.07, 6.45) is -14.9. The molecule has 19 nitrogen and oxygen atoms in total. The summed E-state index contributed by atoms with van der Waals surface area (Å²) in [5, 5.41) is 11.2. The standard InChI is InChI=1S/C28H36O19/c1-10(30)37-7-16-20(40-12(3)32)22(42-14(5)34)23(43-15(6)35)27(44-16)46-25-18-17(19(36)26(45-25)39-9-29)21(41-13(4)33)24-28(18,47-24)8-38-11(2)31/h9,16-27,36H,7-8H2,1-6H3/t16-,17+,18-,19?,20-,21+,22+,23-,24+,25+,26?,27-,28-/m1/s1.